The van der Waals surface area contributed by atoms with Crippen molar-refractivity contribution in [2.24, 2.45) is 0 Å². The second-order valence-corrected chi connectivity index (χ2v) is 3.83. The Bertz CT molecular complexity index is 537. The van der Waals surface area contributed by atoms with Gasteiger partial charge >= 0.3 is 0 Å². The van der Waals surface area contributed by atoms with Crippen LogP contribution < -0.4 is 10.2 Å². The van der Waals surface area contributed by atoms with Crippen LogP contribution >= 0.6 is 0 Å². The molecule has 0 unspecified atom stereocenters. The molecule has 1 aliphatic heterocycles. The van der Waals surface area contributed by atoms with Gasteiger partial charge < -0.3 is 5.32 Å². The molecule has 0 radical (unpaired) electrons. The highest BCUT2D eigenvalue weighted by Crippen LogP contribution is 2.27. The van der Waals surface area contributed by atoms with E-state index in [9.17, 15) is 14.4 Å². The lowest BCUT2D eigenvalue weighted by atomic mass is 10.1. The summed E-state index contributed by atoms with van der Waals surface area (Å²) in [5.41, 5.74) is 0.834. The predicted molar refractivity (Wildman–Crippen MR) is 66.3 cm³/mol. The summed E-state index contributed by atoms with van der Waals surface area (Å²) in [7, 11) is 0. The number of rotatable bonds is 4. The van der Waals surface area contributed by atoms with Crippen LogP contribution in [0.1, 0.15) is 10.4 Å². The van der Waals surface area contributed by atoms with E-state index in [-0.39, 0.29) is 12.5 Å². The van der Waals surface area contributed by atoms with Gasteiger partial charge in [-0.15, -0.1) is 6.58 Å². The molecule has 0 saturated carbocycles. The van der Waals surface area contributed by atoms with Crippen molar-refractivity contribution in [2.45, 2.75) is 0 Å². The number of para-hydroxylation sites is 1. The third kappa shape index (κ3) is 2.02. The Balaban J connectivity index is 2.19. The average molecular weight is 244 g/mol. The minimum atomic E-state index is -0.662. The molecule has 92 valence electrons. The quantitative estimate of drug-likeness (QED) is 0.620. The van der Waals surface area contributed by atoms with Crippen molar-refractivity contribution >= 4 is 23.3 Å². The number of amides is 2. The molecule has 1 aliphatic rings. The number of hydrogen-bond donors (Lipinski definition) is 1. The Morgan fingerprint density at radius 3 is 2.78 bits per heavy atom. The summed E-state index contributed by atoms with van der Waals surface area (Å²) in [5, 5.41) is 2.56. The van der Waals surface area contributed by atoms with Crippen LogP contribution in [-0.2, 0) is 9.59 Å². The lowest BCUT2D eigenvalue weighted by Gasteiger charge is -2.15. The smallest absolute Gasteiger partial charge is 0.299 e. The number of ketones is 1. The first kappa shape index (κ1) is 12.0. The zero-order valence-electron chi connectivity index (χ0n) is 9.68. The summed E-state index contributed by atoms with van der Waals surface area (Å²) in [6.07, 6.45) is 1.54. The van der Waals surface area contributed by atoms with Crippen molar-refractivity contribution in [3.05, 3.63) is 42.5 Å². The van der Waals surface area contributed by atoms with Gasteiger partial charge in [0.1, 0.15) is 6.54 Å². The van der Waals surface area contributed by atoms with Gasteiger partial charge in [0.15, 0.2) is 0 Å². The van der Waals surface area contributed by atoms with Gasteiger partial charge in [-0.25, -0.2) is 0 Å². The maximum Gasteiger partial charge on any atom is 0.299 e. The number of carbonyl (C=O) groups excluding carboxylic acids is 3. The molecule has 18 heavy (non-hydrogen) atoms. The molecule has 1 N–H and O–H groups in total. The monoisotopic (exact) mass is 244 g/mol. The molecule has 0 spiro atoms. The number of nitrogens with zero attached hydrogens (tertiary/aromatic N) is 1. The molecule has 0 aliphatic carbocycles. The average Bonchev–Trinajstić information content (AvgIpc) is 2.62. The van der Waals surface area contributed by atoms with Crippen molar-refractivity contribution in [2.75, 3.05) is 18.0 Å². The molecule has 0 fully saturated rings. The van der Waals surface area contributed by atoms with E-state index in [4.69, 9.17) is 0 Å². The van der Waals surface area contributed by atoms with Crippen molar-refractivity contribution in [1.29, 1.82) is 0 Å². The Labute approximate surface area is 104 Å². The van der Waals surface area contributed by atoms with Gasteiger partial charge in [0, 0.05) is 6.54 Å². The molecular formula is C13H12N2O3. The van der Waals surface area contributed by atoms with E-state index in [1.54, 1.807) is 30.3 Å². The van der Waals surface area contributed by atoms with Crippen molar-refractivity contribution in [3.8, 4) is 0 Å². The minimum absolute atomic E-state index is 0.157. The molecule has 0 saturated heterocycles. The largest absolute Gasteiger partial charge is 0.351 e. The van der Waals surface area contributed by atoms with Crippen LogP contribution in [0, 0.1) is 0 Å². The summed E-state index contributed by atoms with van der Waals surface area (Å²) in [6.45, 7) is 3.65. The SMILES string of the molecule is C=CCNC(=O)CN1C(=O)C(=O)c2ccccc21. The molecule has 1 aromatic carbocycles. The van der Waals surface area contributed by atoms with Crippen LogP contribution in [0.25, 0.3) is 0 Å². The van der Waals surface area contributed by atoms with Gasteiger partial charge in [0.05, 0.1) is 11.3 Å². The standard InChI is InChI=1S/C13H12N2O3/c1-2-7-14-11(16)8-15-10-6-4-3-5-9(10)12(17)13(15)18/h2-6H,1,7-8H2,(H,14,16). The van der Waals surface area contributed by atoms with Crippen LogP contribution in [-0.4, -0.2) is 30.7 Å². The van der Waals surface area contributed by atoms with E-state index in [0.717, 1.165) is 0 Å². The number of Topliss-reactive ketones (excluding diaryl/α,β-unsaturated/α-hetero) is 1. The fourth-order valence-electron chi connectivity index (χ4n) is 1.79. The highest BCUT2D eigenvalue weighted by atomic mass is 16.2. The Morgan fingerprint density at radius 1 is 1.33 bits per heavy atom. The maximum atomic E-state index is 11.7. The first-order valence-electron chi connectivity index (χ1n) is 5.48. The molecule has 1 aromatic rings. The molecule has 0 aromatic heterocycles. The molecule has 5 nitrogen and oxygen atoms in total. The molecule has 2 amide bonds. The van der Waals surface area contributed by atoms with Crippen LogP contribution in [0.3, 0.4) is 0 Å². The van der Waals surface area contributed by atoms with Gasteiger partial charge in [-0.1, -0.05) is 18.2 Å². The van der Waals surface area contributed by atoms with Crippen molar-refractivity contribution in [3.63, 3.8) is 0 Å². The molecule has 1 heterocycles. The molecule has 0 atom stereocenters. The lowest BCUT2D eigenvalue weighted by molar-refractivity contribution is -0.122. The Kier molecular flexibility index (Phi) is 3.23. The van der Waals surface area contributed by atoms with Crippen molar-refractivity contribution in [1.82, 2.24) is 5.32 Å². The van der Waals surface area contributed by atoms with E-state index in [1.165, 1.54) is 4.90 Å². The molecule has 5 heteroatoms. The summed E-state index contributed by atoms with van der Waals surface area (Å²) >= 11 is 0. The summed E-state index contributed by atoms with van der Waals surface area (Å²) in [5.74, 6) is -1.56. The fourth-order valence-corrected chi connectivity index (χ4v) is 1.79. The third-order valence-electron chi connectivity index (χ3n) is 2.62. The molecule has 2 rings (SSSR count). The van der Waals surface area contributed by atoms with E-state index >= 15 is 0 Å². The molecular weight excluding hydrogens is 232 g/mol. The van der Waals surface area contributed by atoms with E-state index < -0.39 is 11.7 Å². The third-order valence-corrected chi connectivity index (χ3v) is 2.62. The maximum absolute atomic E-state index is 11.7. The van der Waals surface area contributed by atoms with E-state index in [1.807, 2.05) is 0 Å². The van der Waals surface area contributed by atoms with E-state index in [2.05, 4.69) is 11.9 Å². The first-order chi connectivity index (χ1) is 8.65. The molecule has 0 bridgehead atoms. The number of nitrogens with one attached hydrogen (secondary N) is 1. The topological polar surface area (TPSA) is 66.5 Å². The van der Waals surface area contributed by atoms with Gasteiger partial charge in [-0.2, -0.15) is 0 Å². The van der Waals surface area contributed by atoms with Gasteiger partial charge in [0.2, 0.25) is 5.91 Å². The zero-order chi connectivity index (χ0) is 13.1. The fraction of sp³-hybridized carbons (Fsp3) is 0.154. The predicted octanol–water partition coefficient (Wildman–Crippen LogP) is 0.518. The Morgan fingerprint density at radius 2 is 2.06 bits per heavy atom. The summed E-state index contributed by atoms with van der Waals surface area (Å²) in [4.78, 5) is 36.2. The number of carbonyl (C=O) groups is 3. The number of anilines is 1. The van der Waals surface area contributed by atoms with Crippen LogP contribution in [0.5, 0.6) is 0 Å². The first-order valence-corrected chi connectivity index (χ1v) is 5.48. The highest BCUT2D eigenvalue weighted by molar-refractivity contribution is 6.52. The second kappa shape index (κ2) is 4.83. The van der Waals surface area contributed by atoms with Crippen molar-refractivity contribution < 1.29 is 14.4 Å². The zero-order valence-corrected chi connectivity index (χ0v) is 9.68. The number of fused-ring (bicyclic) bond motifs is 1. The van der Waals surface area contributed by atoms with Gasteiger partial charge in [0.25, 0.3) is 11.7 Å². The van der Waals surface area contributed by atoms with Crippen LogP contribution in [0.15, 0.2) is 36.9 Å². The van der Waals surface area contributed by atoms with Gasteiger partial charge in [-0.05, 0) is 12.1 Å². The normalized spacial score (nSPS) is 13.4. The Hall–Kier alpha value is -2.43. The second-order valence-electron chi connectivity index (χ2n) is 3.83. The highest BCUT2D eigenvalue weighted by Gasteiger charge is 2.36. The van der Waals surface area contributed by atoms with Crippen LogP contribution in [0.4, 0.5) is 5.69 Å². The minimum Gasteiger partial charge on any atom is -0.351 e. The number of benzene rings is 1. The summed E-state index contributed by atoms with van der Waals surface area (Å²) < 4.78 is 0. The van der Waals surface area contributed by atoms with E-state index in [0.29, 0.717) is 17.8 Å². The summed E-state index contributed by atoms with van der Waals surface area (Å²) in [6, 6.07) is 6.64. The lowest BCUT2D eigenvalue weighted by Crippen LogP contribution is -2.40. The number of hydrogen-bond acceptors (Lipinski definition) is 3. The van der Waals surface area contributed by atoms with Gasteiger partial charge in [-0.3, -0.25) is 19.3 Å². The van der Waals surface area contributed by atoms with Crippen LogP contribution in [0.2, 0.25) is 0 Å².